The van der Waals surface area contributed by atoms with Gasteiger partial charge < -0.3 is 14.8 Å². The molecule has 0 radical (unpaired) electrons. The van der Waals surface area contributed by atoms with Crippen molar-refractivity contribution in [3.63, 3.8) is 0 Å². The molecule has 0 aliphatic heterocycles. The molecule has 28 heavy (non-hydrogen) atoms. The highest BCUT2D eigenvalue weighted by molar-refractivity contribution is 6.07. The molecule has 8 heteroatoms. The maximum Gasteiger partial charge on any atom is 0.256 e. The number of amides is 1. The van der Waals surface area contributed by atoms with Crippen LogP contribution in [0.1, 0.15) is 10.4 Å². The summed E-state index contributed by atoms with van der Waals surface area (Å²) in [6.45, 7) is 0. The van der Waals surface area contributed by atoms with Gasteiger partial charge in [0.25, 0.3) is 5.91 Å². The molecule has 0 aliphatic carbocycles. The van der Waals surface area contributed by atoms with Gasteiger partial charge >= 0.3 is 0 Å². The first-order valence-electron chi connectivity index (χ1n) is 8.49. The molecule has 140 valence electrons. The Balaban J connectivity index is 1.62. The highest BCUT2D eigenvalue weighted by Crippen LogP contribution is 2.24. The van der Waals surface area contributed by atoms with Gasteiger partial charge in [0.15, 0.2) is 11.3 Å². The number of H-pyrrole nitrogens is 1. The Kier molecular flexibility index (Phi) is 4.59. The van der Waals surface area contributed by atoms with Gasteiger partial charge in [-0.25, -0.2) is 9.97 Å². The minimum atomic E-state index is -0.287. The number of aromatic amines is 1. The fourth-order valence-corrected chi connectivity index (χ4v) is 2.71. The summed E-state index contributed by atoms with van der Waals surface area (Å²) in [4.78, 5) is 21.4. The van der Waals surface area contributed by atoms with E-state index in [1.165, 1.54) is 0 Å². The van der Waals surface area contributed by atoms with Gasteiger partial charge in [0.05, 0.1) is 26.1 Å². The molecule has 4 aromatic rings. The second-order valence-electron chi connectivity index (χ2n) is 5.94. The number of fused-ring (bicyclic) bond motifs is 1. The van der Waals surface area contributed by atoms with Crippen LogP contribution in [0, 0.1) is 0 Å². The predicted molar refractivity (Wildman–Crippen MR) is 105 cm³/mol. The van der Waals surface area contributed by atoms with Crippen molar-refractivity contribution >= 4 is 22.9 Å². The van der Waals surface area contributed by atoms with Crippen molar-refractivity contribution in [3.05, 3.63) is 60.3 Å². The fourth-order valence-electron chi connectivity index (χ4n) is 2.71. The second-order valence-corrected chi connectivity index (χ2v) is 5.94. The number of nitrogens with one attached hydrogen (secondary N) is 2. The van der Waals surface area contributed by atoms with Crippen LogP contribution >= 0.6 is 0 Å². The Labute approximate surface area is 160 Å². The summed E-state index contributed by atoms with van der Waals surface area (Å²) in [5.74, 6) is 1.54. The van der Waals surface area contributed by atoms with E-state index in [1.54, 1.807) is 44.7 Å². The lowest BCUT2D eigenvalue weighted by Gasteiger charge is -2.05. The SMILES string of the molecule is COc1ccc(C(=O)Nc2[nH]nc3ncc(-c4ccc(OC)cc4)nc23)cc1. The number of anilines is 1. The zero-order valence-corrected chi connectivity index (χ0v) is 15.3. The van der Waals surface area contributed by atoms with E-state index >= 15 is 0 Å². The van der Waals surface area contributed by atoms with E-state index in [1.807, 2.05) is 24.3 Å². The van der Waals surface area contributed by atoms with Gasteiger partial charge in [0.1, 0.15) is 11.5 Å². The maximum atomic E-state index is 12.5. The molecule has 2 N–H and O–H groups in total. The van der Waals surface area contributed by atoms with E-state index < -0.39 is 0 Å². The third-order valence-electron chi connectivity index (χ3n) is 4.24. The third-order valence-corrected chi connectivity index (χ3v) is 4.24. The molecule has 0 saturated carbocycles. The Morgan fingerprint density at radius 1 is 0.964 bits per heavy atom. The summed E-state index contributed by atoms with van der Waals surface area (Å²) >= 11 is 0. The number of ether oxygens (including phenoxy) is 2. The van der Waals surface area contributed by atoms with E-state index in [9.17, 15) is 4.79 Å². The fraction of sp³-hybridized carbons (Fsp3) is 0.100. The number of aromatic nitrogens is 4. The smallest absolute Gasteiger partial charge is 0.256 e. The van der Waals surface area contributed by atoms with Gasteiger partial charge in [-0.3, -0.25) is 9.89 Å². The number of hydrogen-bond acceptors (Lipinski definition) is 6. The summed E-state index contributed by atoms with van der Waals surface area (Å²) in [6, 6.07) is 14.3. The number of methoxy groups -OCH3 is 2. The van der Waals surface area contributed by atoms with Crippen molar-refractivity contribution in [2.24, 2.45) is 0 Å². The minimum Gasteiger partial charge on any atom is -0.497 e. The summed E-state index contributed by atoms with van der Waals surface area (Å²) in [6.07, 6.45) is 1.64. The molecule has 2 aromatic carbocycles. The number of nitrogens with zero attached hydrogens (tertiary/aromatic N) is 3. The zero-order valence-electron chi connectivity index (χ0n) is 15.3. The summed E-state index contributed by atoms with van der Waals surface area (Å²) in [5, 5.41) is 9.68. The van der Waals surface area contributed by atoms with Crippen molar-refractivity contribution in [1.82, 2.24) is 20.2 Å². The van der Waals surface area contributed by atoms with Gasteiger partial charge in [0.2, 0.25) is 5.65 Å². The van der Waals surface area contributed by atoms with E-state index in [0.717, 1.165) is 11.3 Å². The van der Waals surface area contributed by atoms with Crippen LogP contribution in [-0.4, -0.2) is 40.3 Å². The first-order chi connectivity index (χ1) is 13.7. The van der Waals surface area contributed by atoms with E-state index in [0.29, 0.717) is 34.0 Å². The van der Waals surface area contributed by atoms with Gasteiger partial charge in [-0.1, -0.05) is 0 Å². The quantitative estimate of drug-likeness (QED) is 0.555. The number of carbonyl (C=O) groups excluding carboxylic acids is 1. The van der Waals surface area contributed by atoms with Crippen molar-refractivity contribution in [1.29, 1.82) is 0 Å². The normalized spacial score (nSPS) is 10.6. The molecule has 0 saturated heterocycles. The van der Waals surface area contributed by atoms with Gasteiger partial charge in [-0.2, -0.15) is 5.10 Å². The van der Waals surface area contributed by atoms with Crippen LogP contribution in [0.5, 0.6) is 11.5 Å². The molecule has 0 bridgehead atoms. The summed E-state index contributed by atoms with van der Waals surface area (Å²) in [5.41, 5.74) is 2.93. The van der Waals surface area contributed by atoms with E-state index in [-0.39, 0.29) is 5.91 Å². The molecule has 2 heterocycles. The zero-order chi connectivity index (χ0) is 19.5. The Morgan fingerprint density at radius 3 is 2.25 bits per heavy atom. The first kappa shape index (κ1) is 17.5. The van der Waals surface area contributed by atoms with Gasteiger partial charge in [-0.15, -0.1) is 0 Å². The molecule has 0 fully saturated rings. The van der Waals surface area contributed by atoms with Crippen LogP contribution in [-0.2, 0) is 0 Å². The first-order valence-corrected chi connectivity index (χ1v) is 8.49. The monoisotopic (exact) mass is 375 g/mol. The molecule has 4 rings (SSSR count). The average Bonchev–Trinajstić information content (AvgIpc) is 3.15. The summed E-state index contributed by atoms with van der Waals surface area (Å²) in [7, 11) is 3.19. The standard InChI is InChI=1S/C20H17N5O3/c1-27-14-7-3-12(4-8-14)16-11-21-18-17(22-16)19(25-24-18)23-20(26)13-5-9-15(28-2)10-6-13/h3-11H,1-2H3,(H2,21,23,24,25,26). The number of benzene rings is 2. The molecule has 0 spiro atoms. The molecular formula is C20H17N5O3. The van der Waals surface area contributed by atoms with Crippen LogP contribution in [0.3, 0.4) is 0 Å². The predicted octanol–water partition coefficient (Wildman–Crippen LogP) is 3.29. The maximum absolute atomic E-state index is 12.5. The number of hydrogen-bond donors (Lipinski definition) is 2. The van der Waals surface area contributed by atoms with Crippen molar-refractivity contribution in [2.45, 2.75) is 0 Å². The molecule has 0 atom stereocenters. The van der Waals surface area contributed by atoms with Crippen LogP contribution in [0.2, 0.25) is 0 Å². The van der Waals surface area contributed by atoms with Crippen LogP contribution in [0.15, 0.2) is 54.7 Å². The van der Waals surface area contributed by atoms with Crippen molar-refractivity contribution < 1.29 is 14.3 Å². The van der Waals surface area contributed by atoms with Crippen molar-refractivity contribution in [3.8, 4) is 22.8 Å². The lowest BCUT2D eigenvalue weighted by Crippen LogP contribution is -2.12. The van der Waals surface area contributed by atoms with Gasteiger partial charge in [-0.05, 0) is 48.5 Å². The summed E-state index contributed by atoms with van der Waals surface area (Å²) < 4.78 is 10.3. The topological polar surface area (TPSA) is 102 Å². The molecule has 1 amide bonds. The lowest BCUT2D eigenvalue weighted by molar-refractivity contribution is 0.102. The average molecular weight is 375 g/mol. The Morgan fingerprint density at radius 2 is 1.61 bits per heavy atom. The Hall–Kier alpha value is -3.94. The Bertz CT molecular complexity index is 1120. The van der Waals surface area contributed by atoms with Crippen molar-refractivity contribution in [2.75, 3.05) is 19.5 Å². The number of rotatable bonds is 5. The van der Waals surface area contributed by atoms with Crippen LogP contribution in [0.4, 0.5) is 5.82 Å². The third kappa shape index (κ3) is 3.35. The molecule has 0 unspecified atom stereocenters. The highest BCUT2D eigenvalue weighted by atomic mass is 16.5. The molecule has 0 aliphatic rings. The highest BCUT2D eigenvalue weighted by Gasteiger charge is 2.14. The molecular weight excluding hydrogens is 358 g/mol. The van der Waals surface area contributed by atoms with Crippen LogP contribution < -0.4 is 14.8 Å². The molecule has 2 aromatic heterocycles. The largest absolute Gasteiger partial charge is 0.497 e. The number of carbonyl (C=O) groups is 1. The lowest BCUT2D eigenvalue weighted by atomic mass is 10.1. The van der Waals surface area contributed by atoms with E-state index in [4.69, 9.17) is 9.47 Å². The van der Waals surface area contributed by atoms with Crippen LogP contribution in [0.25, 0.3) is 22.4 Å². The van der Waals surface area contributed by atoms with Gasteiger partial charge in [0, 0.05) is 11.1 Å². The second kappa shape index (κ2) is 7.36. The molecule has 8 nitrogen and oxygen atoms in total. The minimum absolute atomic E-state index is 0.287. The van der Waals surface area contributed by atoms with E-state index in [2.05, 4.69) is 25.5 Å².